The number of carbonyl (C=O) groups excluding carboxylic acids is 1. The number of hydrogen-bond acceptors (Lipinski definition) is 5. The third kappa shape index (κ3) is 4.91. The van der Waals surface area contributed by atoms with Gasteiger partial charge in [0.15, 0.2) is 6.29 Å². The molecule has 0 spiro atoms. The molecule has 1 fully saturated rings. The summed E-state index contributed by atoms with van der Waals surface area (Å²) in [7, 11) is 0. The molecule has 4 N–H and O–H groups in total. The smallest absolute Gasteiger partial charge is 0.409 e. The van der Waals surface area contributed by atoms with Crippen LogP contribution in [0.15, 0.2) is 36.0 Å². The molecular formula is C16H20N2O5. The van der Waals surface area contributed by atoms with Gasteiger partial charge in [0.2, 0.25) is 0 Å². The average Bonchev–Trinajstić information content (AvgIpc) is 2.85. The van der Waals surface area contributed by atoms with E-state index in [0.29, 0.717) is 12.8 Å². The first-order valence-corrected chi connectivity index (χ1v) is 7.38. The lowest BCUT2D eigenvalue weighted by Crippen LogP contribution is -2.36. The van der Waals surface area contributed by atoms with Crippen LogP contribution in [0.5, 0.6) is 0 Å². The van der Waals surface area contributed by atoms with Crippen molar-refractivity contribution in [3.8, 4) is 0 Å². The zero-order valence-electron chi connectivity index (χ0n) is 12.7. The first-order chi connectivity index (χ1) is 11.0. The van der Waals surface area contributed by atoms with E-state index in [9.17, 15) is 14.7 Å². The molecule has 1 aliphatic rings. The Hall–Kier alpha value is -2.18. The monoisotopic (exact) mass is 320 g/mol. The molecule has 1 amide bonds. The van der Waals surface area contributed by atoms with E-state index in [0.717, 1.165) is 5.56 Å². The van der Waals surface area contributed by atoms with Crippen LogP contribution >= 0.6 is 0 Å². The Balaban J connectivity index is 1.90. The Morgan fingerprint density at radius 2 is 2.13 bits per heavy atom. The minimum Gasteiger partial charge on any atom is -0.465 e. The maximum Gasteiger partial charge on any atom is 0.409 e. The molecule has 0 aromatic heterocycles. The highest BCUT2D eigenvalue weighted by atomic mass is 16.6. The van der Waals surface area contributed by atoms with Gasteiger partial charge in [0.05, 0.1) is 6.04 Å². The van der Waals surface area contributed by atoms with Gasteiger partial charge in [-0.25, -0.2) is 9.59 Å². The van der Waals surface area contributed by atoms with Crippen molar-refractivity contribution in [1.29, 1.82) is 0 Å². The summed E-state index contributed by atoms with van der Waals surface area (Å²) in [5.74, 6) is 1.20. The van der Waals surface area contributed by atoms with Crippen LogP contribution in [0.4, 0.5) is 4.79 Å². The molecule has 4 atom stereocenters. The van der Waals surface area contributed by atoms with Crippen molar-refractivity contribution in [3.05, 3.63) is 41.6 Å². The first kappa shape index (κ1) is 17.2. The zero-order valence-corrected chi connectivity index (χ0v) is 12.7. The number of carbonyl (C=O) groups is 1. The van der Waals surface area contributed by atoms with Gasteiger partial charge in [0, 0.05) is 5.92 Å². The maximum atomic E-state index is 10.8. The van der Waals surface area contributed by atoms with Gasteiger partial charge in [-0.3, -0.25) is 10.6 Å². The van der Waals surface area contributed by atoms with E-state index < -0.39 is 24.5 Å². The van der Waals surface area contributed by atoms with Gasteiger partial charge in [0.25, 0.3) is 0 Å². The summed E-state index contributed by atoms with van der Waals surface area (Å²) < 4.78 is 5.44. The summed E-state index contributed by atoms with van der Waals surface area (Å²) in [5, 5.41) is 23.9. The summed E-state index contributed by atoms with van der Waals surface area (Å²) in [5.41, 5.74) is 1.02. The summed E-state index contributed by atoms with van der Waals surface area (Å²) in [4.78, 5) is 21.4. The second kappa shape index (κ2) is 7.89. The number of ether oxygens (including phenoxy) is 1. The molecule has 7 nitrogen and oxygen atoms in total. The molecule has 1 saturated heterocycles. The van der Waals surface area contributed by atoms with E-state index in [2.05, 4.69) is 5.32 Å². The number of hydrogen-bond donors (Lipinski definition) is 4. The van der Waals surface area contributed by atoms with E-state index in [4.69, 9.17) is 9.84 Å². The predicted octanol–water partition coefficient (Wildman–Crippen LogP) is 0.871. The molecule has 0 saturated carbocycles. The largest absolute Gasteiger partial charge is 0.465 e. The number of benzene rings is 1. The third-order valence-electron chi connectivity index (χ3n) is 3.76. The van der Waals surface area contributed by atoms with Crippen LogP contribution in [0, 0.1) is 5.92 Å². The number of aliphatic hydroxyl groups is 1. The van der Waals surface area contributed by atoms with Crippen molar-refractivity contribution in [1.82, 2.24) is 10.6 Å². The number of aliphatic hydroxyl groups excluding tert-OH is 1. The van der Waals surface area contributed by atoms with Crippen LogP contribution in [0.1, 0.15) is 18.9 Å². The highest BCUT2D eigenvalue weighted by Crippen LogP contribution is 2.21. The number of amides is 1. The van der Waals surface area contributed by atoms with Gasteiger partial charge in [-0.1, -0.05) is 37.3 Å². The first-order valence-electron chi connectivity index (χ1n) is 7.38. The summed E-state index contributed by atoms with van der Waals surface area (Å²) in [6.45, 7) is 1.69. The summed E-state index contributed by atoms with van der Waals surface area (Å²) in [6.07, 6.45) is -1.78. The third-order valence-corrected chi connectivity index (χ3v) is 3.76. The molecule has 0 bridgehead atoms. The Morgan fingerprint density at radius 1 is 1.43 bits per heavy atom. The van der Waals surface area contributed by atoms with Crippen molar-refractivity contribution in [3.63, 3.8) is 0 Å². The lowest BCUT2D eigenvalue weighted by atomic mass is 10.0. The van der Waals surface area contributed by atoms with Crippen LogP contribution in [-0.2, 0) is 16.0 Å². The zero-order chi connectivity index (χ0) is 16.8. The Kier molecular flexibility index (Phi) is 5.90. The summed E-state index contributed by atoms with van der Waals surface area (Å²) in [6, 6.07) is 9.45. The van der Waals surface area contributed by atoms with Gasteiger partial charge < -0.3 is 14.9 Å². The number of rotatable bonds is 6. The van der Waals surface area contributed by atoms with Gasteiger partial charge in [-0.05, 0) is 18.4 Å². The molecule has 4 unspecified atom stereocenters. The van der Waals surface area contributed by atoms with Gasteiger partial charge in [0.1, 0.15) is 17.9 Å². The van der Waals surface area contributed by atoms with E-state index in [1.165, 1.54) is 0 Å². The van der Waals surface area contributed by atoms with Crippen LogP contribution < -0.4 is 10.6 Å². The van der Waals surface area contributed by atoms with Crippen molar-refractivity contribution < 1.29 is 24.5 Å². The Bertz CT molecular complexity index is 585. The average molecular weight is 320 g/mol. The molecule has 1 aromatic rings. The van der Waals surface area contributed by atoms with Crippen LogP contribution in [0.25, 0.3) is 0 Å². The van der Waals surface area contributed by atoms with Crippen molar-refractivity contribution in [2.45, 2.75) is 38.3 Å². The molecule has 7 heteroatoms. The van der Waals surface area contributed by atoms with E-state index in [1.807, 2.05) is 35.6 Å². The molecule has 0 radical (unpaired) electrons. The van der Waals surface area contributed by atoms with E-state index >= 15 is 0 Å². The standard InChI is InChI=1S/C16H20N2O5/c1-10(13(9-19)18-16(21)22)7-14-17-12(15(20)23-14)8-11-5-3-2-4-6-11/h2-6,10,12,14-15,17-18,20H,7-8H2,1H3,(H,21,22). The SMILES string of the molecule is CC(CC1NC(Cc2ccccc2)C(O)O1)C(=C=O)NC(=O)O. The molecule has 23 heavy (non-hydrogen) atoms. The fourth-order valence-corrected chi connectivity index (χ4v) is 2.58. The normalized spacial score (nSPS) is 24.7. The Morgan fingerprint density at radius 3 is 2.74 bits per heavy atom. The predicted molar refractivity (Wildman–Crippen MR) is 82.1 cm³/mol. The van der Waals surface area contributed by atoms with Gasteiger partial charge in [-0.2, -0.15) is 0 Å². The van der Waals surface area contributed by atoms with E-state index in [-0.39, 0.29) is 11.7 Å². The molecular weight excluding hydrogens is 300 g/mol. The summed E-state index contributed by atoms with van der Waals surface area (Å²) >= 11 is 0. The lowest BCUT2D eigenvalue weighted by Gasteiger charge is -2.17. The molecule has 0 aliphatic carbocycles. The minimum absolute atomic E-state index is 0.0519. The molecule has 1 aromatic carbocycles. The van der Waals surface area contributed by atoms with E-state index in [1.54, 1.807) is 12.9 Å². The highest BCUT2D eigenvalue weighted by molar-refractivity contribution is 5.71. The topological polar surface area (TPSA) is 108 Å². The van der Waals surface area contributed by atoms with Crippen LogP contribution in [0.2, 0.25) is 0 Å². The van der Waals surface area contributed by atoms with Crippen LogP contribution in [0.3, 0.4) is 0 Å². The second-order valence-electron chi connectivity index (χ2n) is 5.56. The maximum absolute atomic E-state index is 10.8. The fourth-order valence-electron chi connectivity index (χ4n) is 2.58. The molecule has 1 heterocycles. The van der Waals surface area contributed by atoms with Gasteiger partial charge in [-0.15, -0.1) is 0 Å². The van der Waals surface area contributed by atoms with Crippen LogP contribution in [-0.4, -0.2) is 40.8 Å². The molecule has 124 valence electrons. The highest BCUT2D eigenvalue weighted by Gasteiger charge is 2.34. The molecule has 2 rings (SSSR count). The number of allylic oxidation sites excluding steroid dienone is 1. The number of nitrogens with one attached hydrogen (secondary N) is 2. The second-order valence-corrected chi connectivity index (χ2v) is 5.56. The molecule has 1 aliphatic heterocycles. The lowest BCUT2D eigenvalue weighted by molar-refractivity contribution is -0.100. The van der Waals surface area contributed by atoms with Crippen molar-refractivity contribution in [2.75, 3.05) is 0 Å². The quantitative estimate of drug-likeness (QED) is 0.579. The minimum atomic E-state index is -1.31. The Labute approximate surface area is 134 Å². The fraction of sp³-hybridized carbons (Fsp3) is 0.438. The van der Waals surface area contributed by atoms with Crippen molar-refractivity contribution in [2.24, 2.45) is 5.92 Å². The number of carboxylic acid groups (broad SMARTS) is 1. The van der Waals surface area contributed by atoms with Crippen molar-refractivity contribution >= 4 is 12.0 Å². The van der Waals surface area contributed by atoms with Gasteiger partial charge >= 0.3 is 6.09 Å².